The molecule has 4 aromatic rings. The van der Waals surface area contributed by atoms with Crippen LogP contribution in [0.2, 0.25) is 0 Å². The van der Waals surface area contributed by atoms with Crippen molar-refractivity contribution < 1.29 is 18.3 Å². The molecule has 0 aliphatic rings. The number of anilines is 1. The number of methoxy groups -OCH3 is 1. The molecule has 0 saturated heterocycles. The zero-order chi connectivity index (χ0) is 20.2. The van der Waals surface area contributed by atoms with Crippen LogP contribution in [0.25, 0.3) is 11.3 Å². The summed E-state index contributed by atoms with van der Waals surface area (Å²) in [6, 6.07) is 13.5. The van der Waals surface area contributed by atoms with Crippen molar-refractivity contribution in [3.05, 3.63) is 83.1 Å². The van der Waals surface area contributed by atoms with Crippen molar-refractivity contribution in [1.82, 2.24) is 9.97 Å². The Morgan fingerprint density at radius 1 is 1.17 bits per heavy atom. The number of carbonyl (C=O) groups is 1. The third kappa shape index (κ3) is 4.17. The summed E-state index contributed by atoms with van der Waals surface area (Å²) in [5.74, 6) is 0.198. The van der Waals surface area contributed by atoms with Crippen molar-refractivity contribution in [2.75, 3.05) is 12.4 Å². The molecule has 2 aromatic carbocycles. The average molecular weight is 409 g/mol. The van der Waals surface area contributed by atoms with Crippen LogP contribution in [-0.2, 0) is 6.42 Å². The summed E-state index contributed by atoms with van der Waals surface area (Å²) >= 11 is 1.35. The molecular formula is C21H16FN3O3S. The van der Waals surface area contributed by atoms with Crippen molar-refractivity contribution in [3.63, 3.8) is 0 Å². The third-order valence-electron chi connectivity index (χ3n) is 4.20. The maximum Gasteiger partial charge on any atom is 0.280 e. The van der Waals surface area contributed by atoms with Crippen molar-refractivity contribution in [1.29, 1.82) is 0 Å². The molecule has 29 heavy (non-hydrogen) atoms. The molecule has 2 aromatic heterocycles. The zero-order valence-electron chi connectivity index (χ0n) is 15.4. The number of halogens is 1. The van der Waals surface area contributed by atoms with Gasteiger partial charge in [0, 0.05) is 17.5 Å². The molecule has 8 heteroatoms. The Balaban J connectivity index is 1.50. The van der Waals surface area contributed by atoms with Crippen LogP contribution in [0.3, 0.4) is 0 Å². The van der Waals surface area contributed by atoms with Crippen LogP contribution >= 0.6 is 11.3 Å². The molecule has 0 aliphatic heterocycles. The Hall–Kier alpha value is -3.52. The van der Waals surface area contributed by atoms with Gasteiger partial charge in [0.05, 0.1) is 12.7 Å². The van der Waals surface area contributed by atoms with Gasteiger partial charge in [-0.2, -0.15) is 0 Å². The van der Waals surface area contributed by atoms with Crippen molar-refractivity contribution >= 4 is 22.4 Å². The van der Waals surface area contributed by atoms with Gasteiger partial charge in [0.15, 0.2) is 23.0 Å². The van der Waals surface area contributed by atoms with E-state index in [2.05, 4.69) is 15.3 Å². The van der Waals surface area contributed by atoms with Crippen LogP contribution in [0.4, 0.5) is 9.52 Å². The standard InChI is InChI=1S/C21H16FN3O3S/c1-27-17-5-3-2-4-16(17)19-18(24-12-28-19)20(26)25-21-23-11-15(29-21)10-13-6-8-14(22)9-7-13/h2-9,11-12H,10H2,1H3,(H,23,25,26). The largest absolute Gasteiger partial charge is 0.496 e. The fourth-order valence-electron chi connectivity index (χ4n) is 2.84. The molecule has 0 fully saturated rings. The lowest BCUT2D eigenvalue weighted by molar-refractivity contribution is 0.102. The number of hydrogen-bond donors (Lipinski definition) is 1. The second-order valence-electron chi connectivity index (χ2n) is 6.12. The molecule has 6 nitrogen and oxygen atoms in total. The third-order valence-corrected chi connectivity index (χ3v) is 5.11. The van der Waals surface area contributed by atoms with Crippen LogP contribution in [0.5, 0.6) is 5.75 Å². The van der Waals surface area contributed by atoms with Gasteiger partial charge in [0.25, 0.3) is 5.91 Å². The predicted octanol–water partition coefficient (Wildman–Crippen LogP) is 4.79. The quantitative estimate of drug-likeness (QED) is 0.495. The van der Waals surface area contributed by atoms with E-state index in [0.29, 0.717) is 28.6 Å². The predicted molar refractivity (Wildman–Crippen MR) is 108 cm³/mol. The SMILES string of the molecule is COc1ccccc1-c1ocnc1C(=O)Nc1ncc(Cc2ccc(F)cc2)s1. The van der Waals surface area contributed by atoms with Gasteiger partial charge in [0.2, 0.25) is 0 Å². The topological polar surface area (TPSA) is 77.2 Å². The van der Waals surface area contributed by atoms with E-state index in [1.165, 1.54) is 29.9 Å². The highest BCUT2D eigenvalue weighted by Gasteiger charge is 2.21. The summed E-state index contributed by atoms with van der Waals surface area (Å²) in [7, 11) is 1.55. The lowest BCUT2D eigenvalue weighted by Gasteiger charge is -2.06. The summed E-state index contributed by atoms with van der Waals surface area (Å²) < 4.78 is 23.8. The van der Waals surface area contributed by atoms with E-state index in [0.717, 1.165) is 10.4 Å². The number of carbonyl (C=O) groups excluding carboxylic acids is 1. The van der Waals surface area contributed by atoms with E-state index < -0.39 is 5.91 Å². The molecule has 146 valence electrons. The molecule has 0 saturated carbocycles. The summed E-state index contributed by atoms with van der Waals surface area (Å²) in [4.78, 5) is 22.0. The first-order valence-electron chi connectivity index (χ1n) is 8.71. The van der Waals surface area contributed by atoms with Crippen LogP contribution in [-0.4, -0.2) is 23.0 Å². The molecule has 0 atom stereocenters. The highest BCUT2D eigenvalue weighted by Crippen LogP contribution is 2.32. The molecule has 4 rings (SSSR count). The van der Waals surface area contributed by atoms with Crippen LogP contribution in [0.15, 0.2) is 65.5 Å². The van der Waals surface area contributed by atoms with Gasteiger partial charge in [-0.15, -0.1) is 11.3 Å². The number of thiazole rings is 1. The molecule has 0 bridgehead atoms. The van der Waals surface area contributed by atoms with Crippen LogP contribution < -0.4 is 10.1 Å². The van der Waals surface area contributed by atoms with Crippen molar-refractivity contribution in [3.8, 4) is 17.1 Å². The zero-order valence-corrected chi connectivity index (χ0v) is 16.2. The minimum atomic E-state index is -0.428. The highest BCUT2D eigenvalue weighted by molar-refractivity contribution is 7.15. The Morgan fingerprint density at radius 3 is 2.76 bits per heavy atom. The number of para-hydroxylation sites is 1. The molecule has 0 spiro atoms. The normalized spacial score (nSPS) is 10.7. The number of hydrogen-bond acceptors (Lipinski definition) is 6. The van der Waals surface area contributed by atoms with Gasteiger partial charge in [0.1, 0.15) is 11.6 Å². The molecule has 0 radical (unpaired) electrons. The number of oxazole rings is 1. The van der Waals surface area contributed by atoms with Crippen LogP contribution in [0.1, 0.15) is 20.9 Å². The molecule has 0 unspecified atom stereocenters. The number of amides is 1. The fraction of sp³-hybridized carbons (Fsp3) is 0.0952. The minimum Gasteiger partial charge on any atom is -0.496 e. The van der Waals surface area contributed by atoms with E-state index in [1.807, 2.05) is 12.1 Å². The van der Waals surface area contributed by atoms with Gasteiger partial charge in [-0.1, -0.05) is 24.3 Å². The Kier molecular flexibility index (Phi) is 5.35. The summed E-state index contributed by atoms with van der Waals surface area (Å²) in [6.45, 7) is 0. The molecule has 0 aliphatic carbocycles. The first-order valence-corrected chi connectivity index (χ1v) is 9.53. The molecule has 1 N–H and O–H groups in total. The second kappa shape index (κ2) is 8.24. The number of nitrogens with zero attached hydrogens (tertiary/aromatic N) is 2. The smallest absolute Gasteiger partial charge is 0.280 e. The number of nitrogens with one attached hydrogen (secondary N) is 1. The average Bonchev–Trinajstić information content (AvgIpc) is 3.39. The summed E-state index contributed by atoms with van der Waals surface area (Å²) in [5, 5.41) is 3.20. The maximum atomic E-state index is 13.0. The first kappa shape index (κ1) is 18.8. The number of benzene rings is 2. The van der Waals surface area contributed by atoms with E-state index in [4.69, 9.17) is 9.15 Å². The van der Waals surface area contributed by atoms with Crippen LogP contribution in [0, 0.1) is 5.82 Å². The maximum absolute atomic E-state index is 13.0. The van der Waals surface area contributed by atoms with E-state index in [-0.39, 0.29) is 11.5 Å². The first-order chi connectivity index (χ1) is 14.1. The summed E-state index contributed by atoms with van der Waals surface area (Å²) in [5.41, 5.74) is 1.74. The van der Waals surface area contributed by atoms with E-state index in [9.17, 15) is 9.18 Å². The number of rotatable bonds is 6. The number of aromatic nitrogens is 2. The van der Waals surface area contributed by atoms with Gasteiger partial charge >= 0.3 is 0 Å². The Labute approximate surface area is 170 Å². The Morgan fingerprint density at radius 2 is 1.97 bits per heavy atom. The minimum absolute atomic E-state index is 0.143. The molecule has 2 heterocycles. The van der Waals surface area contributed by atoms with Gasteiger partial charge in [-0.25, -0.2) is 14.4 Å². The molecular weight excluding hydrogens is 393 g/mol. The summed E-state index contributed by atoms with van der Waals surface area (Å²) in [6.07, 6.45) is 3.51. The second-order valence-corrected chi connectivity index (χ2v) is 7.23. The van der Waals surface area contributed by atoms with Crippen molar-refractivity contribution in [2.45, 2.75) is 6.42 Å². The molecule has 1 amide bonds. The lowest BCUT2D eigenvalue weighted by Crippen LogP contribution is -2.13. The fourth-order valence-corrected chi connectivity index (χ4v) is 3.68. The van der Waals surface area contributed by atoms with E-state index in [1.54, 1.807) is 37.6 Å². The van der Waals surface area contributed by atoms with E-state index >= 15 is 0 Å². The highest BCUT2D eigenvalue weighted by atomic mass is 32.1. The van der Waals surface area contributed by atoms with Gasteiger partial charge in [-0.3, -0.25) is 10.1 Å². The van der Waals surface area contributed by atoms with Crippen molar-refractivity contribution in [2.24, 2.45) is 0 Å². The lowest BCUT2D eigenvalue weighted by atomic mass is 10.1. The Bertz CT molecular complexity index is 1140. The monoisotopic (exact) mass is 409 g/mol. The van der Waals surface area contributed by atoms with Gasteiger partial charge < -0.3 is 9.15 Å². The number of ether oxygens (including phenoxy) is 1. The van der Waals surface area contributed by atoms with Gasteiger partial charge in [-0.05, 0) is 29.8 Å².